The Bertz CT molecular complexity index is 4640. The molecule has 78 heavy (non-hydrogen) atoms. The third kappa shape index (κ3) is 6.69. The lowest BCUT2D eigenvalue weighted by molar-refractivity contribution is 0.590. The number of nitrogens with zero attached hydrogens (tertiary/aromatic N) is 3. The molecule has 8 heteroatoms. The van der Waals surface area contributed by atoms with Crippen molar-refractivity contribution in [3.63, 3.8) is 0 Å². The van der Waals surface area contributed by atoms with Crippen LogP contribution in [0.3, 0.4) is 0 Å². The highest BCUT2D eigenvalue weighted by molar-refractivity contribution is 7.99. The minimum absolute atomic E-state index is 0.00529. The molecule has 0 saturated heterocycles. The summed E-state index contributed by atoms with van der Waals surface area (Å²) in [6.07, 6.45) is 0. The molecule has 3 aliphatic rings. The van der Waals surface area contributed by atoms with E-state index >= 15 is 0 Å². The number of rotatable bonds is 3. The number of fused-ring (bicyclic) bond motifs is 18. The summed E-state index contributed by atoms with van der Waals surface area (Å²) in [4.78, 5) is 9.73. The summed E-state index contributed by atoms with van der Waals surface area (Å²) in [5.41, 5.74) is 20.9. The Hall–Kier alpha value is -8.43. The maximum Gasteiger partial charge on any atom is 0.264 e. The van der Waals surface area contributed by atoms with Crippen LogP contribution in [0.4, 0.5) is 51.2 Å². The molecule has 0 spiro atoms. The zero-order valence-electron chi connectivity index (χ0n) is 44.2. The van der Waals surface area contributed by atoms with Gasteiger partial charge in [-0.3, -0.25) is 0 Å². The Kier molecular flexibility index (Phi) is 9.70. The van der Waals surface area contributed by atoms with Gasteiger partial charge in [0.05, 0.1) is 5.69 Å². The molecule has 0 fully saturated rings. The smallest absolute Gasteiger partial charge is 0.264 e. The first-order chi connectivity index (χ1) is 37.9. The summed E-state index contributed by atoms with van der Waals surface area (Å²) >= 11 is 3.72. The fraction of sp³-hybridized carbons (Fsp3) is 0.114. The molecule has 0 saturated carbocycles. The SMILES string of the molecule is CC(C)(C)c1ccc(N2c3cccc4c3B(c3ccc5cc3N4c3c(ccc4c3oc3ccccc34)Sc3ccc4c(oc6ccccc64)c3N5c3ccc(C(C)(C)C)cc3)c3sc4ccc(-c5ccccc5)cc4c32)cc1. The third-order valence-electron chi connectivity index (χ3n) is 16.6. The summed E-state index contributed by atoms with van der Waals surface area (Å²) in [5, 5.41) is 5.62. The van der Waals surface area contributed by atoms with E-state index in [1.165, 1.54) is 59.4 Å². The van der Waals surface area contributed by atoms with Crippen molar-refractivity contribution in [2.75, 3.05) is 14.7 Å². The van der Waals surface area contributed by atoms with Gasteiger partial charge in [-0.2, -0.15) is 0 Å². The highest BCUT2D eigenvalue weighted by atomic mass is 32.2. The molecule has 0 unspecified atom stereocenters. The molecular weight excluding hydrogens is 990 g/mol. The van der Waals surface area contributed by atoms with Crippen molar-refractivity contribution in [2.24, 2.45) is 0 Å². The second-order valence-corrected chi connectivity index (χ2v) is 25.4. The predicted molar refractivity (Wildman–Crippen MR) is 332 cm³/mol. The average Bonchev–Trinajstić information content (AvgIpc) is 2.87. The Morgan fingerprint density at radius 3 is 1.56 bits per heavy atom. The molecule has 2 bridgehead atoms. The molecule has 0 amide bonds. The van der Waals surface area contributed by atoms with Gasteiger partial charge in [-0.1, -0.05) is 162 Å². The largest absolute Gasteiger partial charge is 0.454 e. The molecule has 0 aliphatic carbocycles. The number of anilines is 9. The lowest BCUT2D eigenvalue weighted by atomic mass is 9.36. The van der Waals surface area contributed by atoms with Crippen LogP contribution in [0.2, 0.25) is 0 Å². The predicted octanol–water partition coefficient (Wildman–Crippen LogP) is 19.0. The molecule has 6 heterocycles. The fourth-order valence-corrected chi connectivity index (χ4v) is 15.1. The molecular formula is C70H52BN3O2S2. The third-order valence-corrected chi connectivity index (χ3v) is 18.9. The van der Waals surface area contributed by atoms with E-state index in [0.717, 1.165) is 93.5 Å². The number of hydrogen-bond acceptors (Lipinski definition) is 7. The van der Waals surface area contributed by atoms with Crippen LogP contribution in [0.15, 0.2) is 225 Å². The number of hydrogen-bond donors (Lipinski definition) is 0. The molecule has 3 aromatic heterocycles. The molecule has 16 rings (SSSR count). The van der Waals surface area contributed by atoms with E-state index in [9.17, 15) is 0 Å². The van der Waals surface area contributed by atoms with E-state index < -0.39 is 0 Å². The topological polar surface area (TPSA) is 36.0 Å². The lowest BCUT2D eigenvalue weighted by Crippen LogP contribution is -2.60. The number of benzene rings is 10. The Morgan fingerprint density at radius 1 is 0.397 bits per heavy atom. The lowest BCUT2D eigenvalue weighted by Gasteiger charge is -2.44. The van der Waals surface area contributed by atoms with Gasteiger partial charge in [-0.05, 0) is 141 Å². The number of para-hydroxylation sites is 2. The summed E-state index contributed by atoms with van der Waals surface area (Å²) < 4.78 is 16.9. The minimum Gasteiger partial charge on any atom is -0.454 e. The van der Waals surface area contributed by atoms with Crippen LogP contribution in [0.25, 0.3) is 65.1 Å². The first-order valence-corrected chi connectivity index (χ1v) is 28.6. The van der Waals surface area contributed by atoms with Gasteiger partial charge >= 0.3 is 0 Å². The minimum atomic E-state index is -0.0861. The van der Waals surface area contributed by atoms with Crippen LogP contribution in [0.5, 0.6) is 0 Å². The monoisotopic (exact) mass is 1040 g/mol. The van der Waals surface area contributed by atoms with Crippen LogP contribution in [-0.2, 0) is 10.8 Å². The van der Waals surface area contributed by atoms with Crippen molar-refractivity contribution in [3.05, 3.63) is 217 Å². The second-order valence-electron chi connectivity index (χ2n) is 23.3. The van der Waals surface area contributed by atoms with Gasteiger partial charge in [-0.25, -0.2) is 0 Å². The van der Waals surface area contributed by atoms with E-state index in [0.29, 0.717) is 0 Å². The zero-order valence-corrected chi connectivity index (χ0v) is 45.8. The van der Waals surface area contributed by atoms with E-state index in [1.807, 2.05) is 11.3 Å². The highest BCUT2D eigenvalue weighted by Crippen LogP contribution is 2.57. The number of furan rings is 2. The van der Waals surface area contributed by atoms with Crippen molar-refractivity contribution in [3.8, 4) is 11.1 Å². The van der Waals surface area contributed by atoms with E-state index in [2.05, 4.69) is 262 Å². The summed E-state index contributed by atoms with van der Waals surface area (Å²) in [5.74, 6) is 0. The van der Waals surface area contributed by atoms with Crippen LogP contribution in [-0.4, -0.2) is 6.71 Å². The Morgan fingerprint density at radius 2 is 0.949 bits per heavy atom. The molecule has 5 nitrogen and oxygen atoms in total. The second kappa shape index (κ2) is 16.5. The molecule has 13 aromatic rings. The van der Waals surface area contributed by atoms with E-state index in [1.54, 1.807) is 11.8 Å². The van der Waals surface area contributed by atoms with Gasteiger partial charge in [0, 0.05) is 80.3 Å². The quantitative estimate of drug-likeness (QED) is 0.164. The maximum atomic E-state index is 7.21. The van der Waals surface area contributed by atoms with Crippen molar-refractivity contribution in [1.82, 2.24) is 0 Å². The average molecular weight is 1040 g/mol. The molecule has 0 N–H and O–H groups in total. The fourth-order valence-electron chi connectivity index (χ4n) is 12.7. The summed E-state index contributed by atoms with van der Waals surface area (Å²) in [7, 11) is 0. The van der Waals surface area contributed by atoms with Crippen molar-refractivity contribution in [1.29, 1.82) is 0 Å². The first-order valence-electron chi connectivity index (χ1n) is 27.0. The van der Waals surface area contributed by atoms with Gasteiger partial charge in [0.25, 0.3) is 6.71 Å². The van der Waals surface area contributed by atoms with Gasteiger partial charge in [-0.15, -0.1) is 11.3 Å². The van der Waals surface area contributed by atoms with Crippen LogP contribution in [0.1, 0.15) is 52.7 Å². The Balaban J connectivity index is 1.02. The molecule has 374 valence electrons. The van der Waals surface area contributed by atoms with E-state index in [-0.39, 0.29) is 17.5 Å². The highest BCUT2D eigenvalue weighted by Gasteiger charge is 2.47. The maximum absolute atomic E-state index is 7.21. The molecule has 3 aliphatic heterocycles. The van der Waals surface area contributed by atoms with Crippen molar-refractivity contribution < 1.29 is 8.83 Å². The summed E-state index contributed by atoms with van der Waals surface area (Å²) in [6.45, 7) is 13.6. The van der Waals surface area contributed by atoms with Crippen LogP contribution in [0, 0.1) is 0 Å². The molecule has 10 aromatic carbocycles. The van der Waals surface area contributed by atoms with Crippen molar-refractivity contribution >= 4 is 151 Å². The van der Waals surface area contributed by atoms with Crippen LogP contribution < -0.4 is 30.4 Å². The van der Waals surface area contributed by atoms with Crippen molar-refractivity contribution in [2.45, 2.75) is 62.2 Å². The Labute approximate surface area is 462 Å². The van der Waals surface area contributed by atoms with Gasteiger partial charge < -0.3 is 23.5 Å². The molecule has 0 radical (unpaired) electrons. The summed E-state index contributed by atoms with van der Waals surface area (Å²) in [6, 6.07) is 76.7. The molecule has 0 atom stereocenters. The normalized spacial score (nSPS) is 13.9. The number of thiophene rings is 1. The van der Waals surface area contributed by atoms with Gasteiger partial charge in [0.1, 0.15) is 22.5 Å². The van der Waals surface area contributed by atoms with Gasteiger partial charge in [0.15, 0.2) is 11.2 Å². The zero-order chi connectivity index (χ0) is 52.3. The first kappa shape index (κ1) is 45.7. The van der Waals surface area contributed by atoms with E-state index in [4.69, 9.17) is 8.83 Å². The standard InChI is InChI=1S/C70H52BN3O2S2/c1-69(2,3)43-24-28-45(29-25-43)72-47-32-35-53-56(40-47)74(65-61(38-34-51-49-18-11-13-22-58(49)76-67(51)65)77-60-37-33-50-48-17-10-12-21-57(48)75-66(50)64(60)72)55-20-14-19-54-62(55)71(53)68-63(73(54)46-30-26-44(27-31-46)70(4,5)6)52-39-42(23-36-59(52)78-68)41-15-8-7-9-16-41/h7-40H,1-6H3. The van der Waals surface area contributed by atoms with Gasteiger partial charge in [0.2, 0.25) is 0 Å². The van der Waals surface area contributed by atoms with Crippen LogP contribution >= 0.6 is 23.1 Å².